The molecular weight excluding hydrogens is 184 g/mol. The number of rotatable bonds is 4. The first-order valence-corrected chi connectivity index (χ1v) is 5.25. The Hall–Kier alpha value is -1.44. The Morgan fingerprint density at radius 2 is 1.80 bits per heavy atom. The van der Waals surface area contributed by atoms with E-state index in [0.717, 1.165) is 12.2 Å². The van der Waals surface area contributed by atoms with Crippen molar-refractivity contribution in [3.05, 3.63) is 42.2 Å². The zero-order valence-corrected chi connectivity index (χ0v) is 10.1. The van der Waals surface area contributed by atoms with Crippen LogP contribution >= 0.6 is 0 Å². The average molecular weight is 204 g/mol. The molecule has 0 spiro atoms. The second kappa shape index (κ2) is 4.87. The molecule has 82 valence electrons. The van der Waals surface area contributed by atoms with E-state index in [9.17, 15) is 0 Å². The minimum atomic E-state index is 0.996. The summed E-state index contributed by atoms with van der Waals surface area (Å²) in [5.41, 5.74) is 2.58. The lowest BCUT2D eigenvalue weighted by molar-refractivity contribution is 0.499. The second-order valence-corrected chi connectivity index (χ2v) is 3.85. The van der Waals surface area contributed by atoms with Crippen molar-refractivity contribution in [3.8, 4) is 0 Å². The largest absolute Gasteiger partial charge is 0.365 e. The Labute approximate surface area is 92.8 Å². The molecule has 0 saturated heterocycles. The number of hydrogen-bond donors (Lipinski definition) is 0. The molecule has 0 atom stereocenters. The summed E-state index contributed by atoms with van der Waals surface area (Å²) < 4.78 is 0. The molecule has 0 fully saturated rings. The fourth-order valence-electron chi connectivity index (χ4n) is 1.58. The standard InChI is InChI=1S/C13H20N2/c1-6-12-9-7-8-10-13(12)15(5)11(2)14(3)4/h7-10H,2,6H2,1,3-5H3. The van der Waals surface area contributed by atoms with Crippen LogP contribution in [0.25, 0.3) is 0 Å². The minimum Gasteiger partial charge on any atom is -0.365 e. The van der Waals surface area contributed by atoms with Crippen LogP contribution < -0.4 is 4.90 Å². The molecule has 2 nitrogen and oxygen atoms in total. The summed E-state index contributed by atoms with van der Waals surface area (Å²) in [7, 11) is 6.07. The Bertz CT molecular complexity index is 342. The van der Waals surface area contributed by atoms with E-state index in [1.807, 2.05) is 19.0 Å². The van der Waals surface area contributed by atoms with E-state index >= 15 is 0 Å². The van der Waals surface area contributed by atoms with E-state index in [1.54, 1.807) is 0 Å². The Morgan fingerprint density at radius 3 is 2.33 bits per heavy atom. The monoisotopic (exact) mass is 204 g/mol. The predicted octanol–water partition coefficient (Wildman–Crippen LogP) is 2.72. The van der Waals surface area contributed by atoms with Crippen molar-refractivity contribution in [2.75, 3.05) is 26.0 Å². The highest BCUT2D eigenvalue weighted by atomic mass is 15.3. The van der Waals surface area contributed by atoms with Gasteiger partial charge in [0.05, 0.1) is 0 Å². The Kier molecular flexibility index (Phi) is 3.78. The van der Waals surface area contributed by atoms with Crippen molar-refractivity contribution < 1.29 is 0 Å². The smallest absolute Gasteiger partial charge is 0.100 e. The molecule has 0 heterocycles. The molecule has 15 heavy (non-hydrogen) atoms. The predicted molar refractivity (Wildman–Crippen MR) is 67.1 cm³/mol. The van der Waals surface area contributed by atoms with Crippen LogP contribution in [-0.4, -0.2) is 26.0 Å². The van der Waals surface area contributed by atoms with Crippen molar-refractivity contribution in [1.29, 1.82) is 0 Å². The third kappa shape index (κ3) is 2.52. The zero-order valence-electron chi connectivity index (χ0n) is 10.1. The van der Waals surface area contributed by atoms with Gasteiger partial charge in [-0.3, -0.25) is 0 Å². The van der Waals surface area contributed by atoms with Gasteiger partial charge in [0.15, 0.2) is 0 Å². The van der Waals surface area contributed by atoms with Crippen LogP contribution in [-0.2, 0) is 6.42 Å². The fourth-order valence-corrected chi connectivity index (χ4v) is 1.58. The summed E-state index contributed by atoms with van der Waals surface area (Å²) in [6.45, 7) is 6.23. The molecule has 0 aromatic heterocycles. The van der Waals surface area contributed by atoms with Gasteiger partial charge in [0.25, 0.3) is 0 Å². The minimum absolute atomic E-state index is 0.996. The summed E-state index contributed by atoms with van der Waals surface area (Å²) in [6.07, 6.45) is 1.04. The molecule has 0 unspecified atom stereocenters. The summed E-state index contributed by atoms with van der Waals surface area (Å²) in [6, 6.07) is 8.44. The van der Waals surface area contributed by atoms with Gasteiger partial charge >= 0.3 is 0 Å². The maximum absolute atomic E-state index is 4.06. The molecule has 1 aromatic rings. The molecule has 0 amide bonds. The molecule has 2 heteroatoms. The number of nitrogens with zero attached hydrogens (tertiary/aromatic N) is 2. The summed E-state index contributed by atoms with van der Waals surface area (Å²) in [5, 5.41) is 0. The van der Waals surface area contributed by atoms with E-state index in [-0.39, 0.29) is 0 Å². The molecule has 0 radical (unpaired) electrons. The van der Waals surface area contributed by atoms with Gasteiger partial charge in [0.1, 0.15) is 5.82 Å². The normalized spacial score (nSPS) is 9.87. The van der Waals surface area contributed by atoms with Crippen LogP contribution in [0.2, 0.25) is 0 Å². The number of hydrogen-bond acceptors (Lipinski definition) is 2. The molecule has 0 bridgehead atoms. The van der Waals surface area contributed by atoms with E-state index in [4.69, 9.17) is 0 Å². The third-order valence-electron chi connectivity index (χ3n) is 2.64. The molecule has 0 aliphatic rings. The summed E-state index contributed by atoms with van der Waals surface area (Å²) in [4.78, 5) is 4.14. The lowest BCUT2D eigenvalue weighted by Crippen LogP contribution is -2.27. The number of aryl methyl sites for hydroxylation is 1. The molecule has 1 aromatic carbocycles. The molecule has 0 N–H and O–H groups in total. The van der Waals surface area contributed by atoms with Gasteiger partial charge in [0, 0.05) is 26.8 Å². The summed E-state index contributed by atoms with van der Waals surface area (Å²) >= 11 is 0. The fraction of sp³-hybridized carbons (Fsp3) is 0.385. The van der Waals surface area contributed by atoms with Gasteiger partial charge in [-0.05, 0) is 18.1 Å². The topological polar surface area (TPSA) is 6.48 Å². The molecule has 0 aliphatic heterocycles. The van der Waals surface area contributed by atoms with Crippen LogP contribution in [0.5, 0.6) is 0 Å². The van der Waals surface area contributed by atoms with Crippen LogP contribution in [0, 0.1) is 0 Å². The van der Waals surface area contributed by atoms with Crippen molar-refractivity contribution in [1.82, 2.24) is 4.90 Å². The molecule has 1 rings (SSSR count). The van der Waals surface area contributed by atoms with Crippen LogP contribution in [0.4, 0.5) is 5.69 Å². The first-order chi connectivity index (χ1) is 7.07. The first-order valence-electron chi connectivity index (χ1n) is 5.25. The maximum atomic E-state index is 4.06. The van der Waals surface area contributed by atoms with Gasteiger partial charge in [-0.2, -0.15) is 0 Å². The van der Waals surface area contributed by atoms with Gasteiger partial charge in [0.2, 0.25) is 0 Å². The lowest BCUT2D eigenvalue weighted by Gasteiger charge is -2.28. The van der Waals surface area contributed by atoms with E-state index in [1.165, 1.54) is 11.3 Å². The van der Waals surface area contributed by atoms with Crippen molar-refractivity contribution >= 4 is 5.69 Å². The highest BCUT2D eigenvalue weighted by molar-refractivity contribution is 5.56. The lowest BCUT2D eigenvalue weighted by atomic mass is 10.1. The highest BCUT2D eigenvalue weighted by Crippen LogP contribution is 2.22. The summed E-state index contributed by atoms with van der Waals surface area (Å²) in [5.74, 6) is 0.996. The van der Waals surface area contributed by atoms with Gasteiger partial charge in [-0.15, -0.1) is 0 Å². The number of para-hydroxylation sites is 1. The van der Waals surface area contributed by atoms with Crippen LogP contribution in [0.3, 0.4) is 0 Å². The SMILES string of the molecule is C=C(N(C)C)N(C)c1ccccc1CC. The highest BCUT2D eigenvalue weighted by Gasteiger charge is 2.09. The van der Waals surface area contributed by atoms with Crippen molar-refractivity contribution in [2.45, 2.75) is 13.3 Å². The maximum Gasteiger partial charge on any atom is 0.100 e. The number of anilines is 1. The van der Waals surface area contributed by atoms with Crippen molar-refractivity contribution in [3.63, 3.8) is 0 Å². The molecule has 0 aliphatic carbocycles. The van der Waals surface area contributed by atoms with Crippen LogP contribution in [0.1, 0.15) is 12.5 Å². The second-order valence-electron chi connectivity index (χ2n) is 3.85. The van der Waals surface area contributed by atoms with Crippen molar-refractivity contribution in [2.24, 2.45) is 0 Å². The Balaban J connectivity index is 3.00. The van der Waals surface area contributed by atoms with E-state index in [0.29, 0.717) is 0 Å². The first kappa shape index (κ1) is 11.6. The third-order valence-corrected chi connectivity index (χ3v) is 2.64. The van der Waals surface area contributed by atoms with E-state index in [2.05, 4.69) is 49.7 Å². The Morgan fingerprint density at radius 1 is 1.20 bits per heavy atom. The quantitative estimate of drug-likeness (QED) is 0.744. The molecular formula is C13H20N2. The molecule has 0 saturated carbocycles. The zero-order chi connectivity index (χ0) is 11.4. The van der Waals surface area contributed by atoms with Gasteiger partial charge < -0.3 is 9.80 Å². The van der Waals surface area contributed by atoms with Crippen LogP contribution in [0.15, 0.2) is 36.7 Å². The van der Waals surface area contributed by atoms with Gasteiger partial charge in [-0.1, -0.05) is 31.7 Å². The van der Waals surface area contributed by atoms with Gasteiger partial charge in [-0.25, -0.2) is 0 Å². The average Bonchev–Trinajstić information content (AvgIpc) is 2.26. The van der Waals surface area contributed by atoms with E-state index < -0.39 is 0 Å². The number of benzene rings is 1.